The second-order valence-electron chi connectivity index (χ2n) is 7.47. The summed E-state index contributed by atoms with van der Waals surface area (Å²) in [6.07, 6.45) is 2.47. The zero-order valence-electron chi connectivity index (χ0n) is 15.4. The lowest BCUT2D eigenvalue weighted by atomic mass is 9.99. The summed E-state index contributed by atoms with van der Waals surface area (Å²) < 4.78 is 23.6. The molecule has 0 radical (unpaired) electrons. The van der Waals surface area contributed by atoms with E-state index in [0.717, 1.165) is 25.6 Å². The van der Waals surface area contributed by atoms with Gasteiger partial charge >= 0.3 is 0 Å². The minimum absolute atomic E-state index is 0. The molecule has 0 bridgehead atoms. The lowest BCUT2D eigenvalue weighted by molar-refractivity contribution is 0.214. The predicted octanol–water partition coefficient (Wildman–Crippen LogP) is 1.42. The Bertz CT molecular complexity index is 536. The number of guanidine groups is 1. The molecule has 2 heterocycles. The van der Waals surface area contributed by atoms with E-state index in [9.17, 15) is 8.42 Å². The molecule has 0 aromatic heterocycles. The van der Waals surface area contributed by atoms with Crippen molar-refractivity contribution in [2.75, 3.05) is 52.1 Å². The topological polar surface area (TPSA) is 65.0 Å². The first-order valence-corrected chi connectivity index (χ1v) is 10.3. The molecule has 2 aliphatic heterocycles. The van der Waals surface area contributed by atoms with Gasteiger partial charge in [-0.2, -0.15) is 0 Å². The summed E-state index contributed by atoms with van der Waals surface area (Å²) in [5.41, 5.74) is 0. The molecule has 0 saturated carbocycles. The van der Waals surface area contributed by atoms with Crippen LogP contribution in [-0.4, -0.2) is 81.0 Å². The molecule has 8 heteroatoms. The Morgan fingerprint density at radius 3 is 2.62 bits per heavy atom. The van der Waals surface area contributed by atoms with Crippen molar-refractivity contribution in [3.63, 3.8) is 0 Å². The molecule has 2 aliphatic rings. The summed E-state index contributed by atoms with van der Waals surface area (Å²) in [5, 5.41) is 3.34. The Hall–Kier alpha value is -0.0900. The van der Waals surface area contributed by atoms with E-state index in [4.69, 9.17) is 4.99 Å². The van der Waals surface area contributed by atoms with E-state index in [0.29, 0.717) is 19.0 Å². The van der Waals surface area contributed by atoms with E-state index in [-0.39, 0.29) is 29.7 Å². The largest absolute Gasteiger partial charge is 0.357 e. The van der Waals surface area contributed by atoms with E-state index in [1.165, 1.54) is 19.4 Å². The van der Waals surface area contributed by atoms with Crippen molar-refractivity contribution in [3.8, 4) is 0 Å². The monoisotopic (exact) mass is 472 g/mol. The number of piperidine rings is 1. The van der Waals surface area contributed by atoms with Crippen LogP contribution in [0, 0.1) is 5.92 Å². The van der Waals surface area contributed by atoms with E-state index >= 15 is 0 Å². The first-order valence-electron chi connectivity index (χ1n) is 8.69. The number of hydrogen-bond acceptors (Lipinski definition) is 4. The molecule has 1 unspecified atom stereocenters. The molecule has 0 aromatic carbocycles. The number of halogens is 1. The summed E-state index contributed by atoms with van der Waals surface area (Å²) >= 11 is 0. The fraction of sp³-hybridized carbons (Fsp3) is 0.938. The molecule has 0 aromatic rings. The predicted molar refractivity (Wildman–Crippen MR) is 111 cm³/mol. The Kier molecular flexibility index (Phi) is 8.25. The van der Waals surface area contributed by atoms with E-state index in [1.807, 2.05) is 13.8 Å². The molecular formula is C16H33IN4O2S. The standard InChI is InChI=1S/C16H32N4O2S.HI/c1-5-17-15(18-11-14-7-6-8-19(4)12-14)20-9-10-23(21,22)16(2,3)13-20;/h14H,5-13H2,1-4H3,(H,17,18);1H. The number of hydrogen-bond donors (Lipinski definition) is 1. The smallest absolute Gasteiger partial charge is 0.194 e. The van der Waals surface area contributed by atoms with Gasteiger partial charge in [-0.1, -0.05) is 0 Å². The normalized spacial score (nSPS) is 27.4. The number of nitrogens with one attached hydrogen (secondary N) is 1. The van der Waals surface area contributed by atoms with Crippen molar-refractivity contribution in [1.82, 2.24) is 15.1 Å². The Morgan fingerprint density at radius 1 is 1.33 bits per heavy atom. The van der Waals surface area contributed by atoms with Crippen LogP contribution in [0.4, 0.5) is 0 Å². The number of likely N-dealkylation sites (tertiary alicyclic amines) is 1. The van der Waals surface area contributed by atoms with Crippen molar-refractivity contribution < 1.29 is 8.42 Å². The molecule has 2 rings (SSSR count). The Balaban J connectivity index is 0.00000288. The van der Waals surface area contributed by atoms with Crippen molar-refractivity contribution in [2.24, 2.45) is 10.9 Å². The summed E-state index contributed by atoms with van der Waals surface area (Å²) in [5.74, 6) is 1.67. The molecule has 142 valence electrons. The van der Waals surface area contributed by atoms with Gasteiger partial charge in [-0.15, -0.1) is 24.0 Å². The number of rotatable bonds is 3. The van der Waals surface area contributed by atoms with Crippen LogP contribution in [0.3, 0.4) is 0 Å². The van der Waals surface area contributed by atoms with Gasteiger partial charge in [0, 0.05) is 32.7 Å². The second kappa shape index (κ2) is 9.02. The van der Waals surface area contributed by atoms with Crippen molar-refractivity contribution in [2.45, 2.75) is 38.4 Å². The summed E-state index contributed by atoms with van der Waals surface area (Å²) in [6, 6.07) is 0. The molecule has 0 amide bonds. The minimum atomic E-state index is -3.02. The van der Waals surface area contributed by atoms with Gasteiger partial charge in [0.2, 0.25) is 0 Å². The molecule has 1 atom stereocenters. The minimum Gasteiger partial charge on any atom is -0.357 e. The number of aliphatic imine (C=N–C) groups is 1. The third-order valence-corrected chi connectivity index (χ3v) is 7.43. The van der Waals surface area contributed by atoms with Crippen molar-refractivity contribution in [1.29, 1.82) is 0 Å². The molecular weight excluding hydrogens is 439 g/mol. The van der Waals surface area contributed by atoms with Gasteiger partial charge in [0.15, 0.2) is 15.8 Å². The van der Waals surface area contributed by atoms with Crippen LogP contribution in [0.25, 0.3) is 0 Å². The van der Waals surface area contributed by atoms with Crippen LogP contribution in [0.2, 0.25) is 0 Å². The van der Waals surface area contributed by atoms with E-state index in [2.05, 4.69) is 29.1 Å². The molecule has 6 nitrogen and oxygen atoms in total. The molecule has 2 fully saturated rings. The van der Waals surface area contributed by atoms with Gasteiger partial charge in [-0.05, 0) is 53.1 Å². The zero-order chi connectivity index (χ0) is 17.1. The molecule has 0 spiro atoms. The second-order valence-corrected chi connectivity index (χ2v) is 10.2. The fourth-order valence-corrected chi connectivity index (χ4v) is 4.75. The molecule has 2 saturated heterocycles. The van der Waals surface area contributed by atoms with Gasteiger partial charge in [-0.25, -0.2) is 8.42 Å². The molecule has 1 N–H and O–H groups in total. The van der Waals surface area contributed by atoms with Crippen molar-refractivity contribution in [3.05, 3.63) is 0 Å². The first-order chi connectivity index (χ1) is 10.7. The van der Waals surface area contributed by atoms with Gasteiger partial charge < -0.3 is 15.1 Å². The average Bonchev–Trinajstić information content (AvgIpc) is 2.46. The molecule has 0 aliphatic carbocycles. The summed E-state index contributed by atoms with van der Waals surface area (Å²) in [6.45, 7) is 10.6. The summed E-state index contributed by atoms with van der Waals surface area (Å²) in [4.78, 5) is 9.30. The Labute approximate surface area is 164 Å². The van der Waals surface area contributed by atoms with Crippen LogP contribution >= 0.6 is 24.0 Å². The van der Waals surface area contributed by atoms with Crippen LogP contribution in [0.15, 0.2) is 4.99 Å². The maximum atomic E-state index is 12.2. The highest BCUT2D eigenvalue weighted by Gasteiger charge is 2.41. The third kappa shape index (κ3) is 5.45. The highest BCUT2D eigenvalue weighted by atomic mass is 127. The lowest BCUT2D eigenvalue weighted by Crippen LogP contribution is -2.57. The summed E-state index contributed by atoms with van der Waals surface area (Å²) in [7, 11) is -0.850. The van der Waals surface area contributed by atoms with Gasteiger partial charge in [0.05, 0.1) is 10.5 Å². The van der Waals surface area contributed by atoms with E-state index < -0.39 is 14.6 Å². The average molecular weight is 472 g/mol. The molecule has 24 heavy (non-hydrogen) atoms. The van der Waals surface area contributed by atoms with Crippen LogP contribution in [0.1, 0.15) is 33.6 Å². The van der Waals surface area contributed by atoms with Gasteiger partial charge in [-0.3, -0.25) is 4.99 Å². The van der Waals surface area contributed by atoms with Crippen molar-refractivity contribution >= 4 is 39.8 Å². The third-order valence-electron chi connectivity index (χ3n) is 4.90. The quantitative estimate of drug-likeness (QED) is 0.383. The van der Waals surface area contributed by atoms with Gasteiger partial charge in [0.25, 0.3) is 0 Å². The highest BCUT2D eigenvalue weighted by molar-refractivity contribution is 14.0. The maximum absolute atomic E-state index is 12.2. The lowest BCUT2D eigenvalue weighted by Gasteiger charge is -2.39. The zero-order valence-corrected chi connectivity index (χ0v) is 18.6. The van der Waals surface area contributed by atoms with Crippen LogP contribution < -0.4 is 5.32 Å². The SMILES string of the molecule is CCNC(=NCC1CCCN(C)C1)N1CCS(=O)(=O)C(C)(C)C1.I. The fourth-order valence-electron chi connectivity index (χ4n) is 3.39. The van der Waals surface area contributed by atoms with Crippen LogP contribution in [0.5, 0.6) is 0 Å². The van der Waals surface area contributed by atoms with E-state index in [1.54, 1.807) is 0 Å². The maximum Gasteiger partial charge on any atom is 0.194 e. The van der Waals surface area contributed by atoms with Gasteiger partial charge in [0.1, 0.15) is 0 Å². The number of nitrogens with zero attached hydrogens (tertiary/aromatic N) is 3. The first kappa shape index (κ1) is 22.0. The highest BCUT2D eigenvalue weighted by Crippen LogP contribution is 2.24. The number of sulfone groups is 1. The Morgan fingerprint density at radius 2 is 2.04 bits per heavy atom. The van der Waals surface area contributed by atoms with Crippen LogP contribution in [-0.2, 0) is 9.84 Å².